The Bertz CT molecular complexity index is 1010. The largest absolute Gasteiger partial charge is 0.352 e. The fraction of sp³-hybridized carbons (Fsp3) is 0.615. The molecule has 3 fully saturated rings. The third-order valence-electron chi connectivity index (χ3n) is 7.94. The average molecular weight is 452 g/mol. The summed E-state index contributed by atoms with van der Waals surface area (Å²) in [6.45, 7) is 6.89. The summed E-state index contributed by atoms with van der Waals surface area (Å²) in [6.07, 6.45) is 4.19. The van der Waals surface area contributed by atoms with Gasteiger partial charge in [0.1, 0.15) is 5.69 Å². The van der Waals surface area contributed by atoms with Crippen molar-refractivity contribution in [2.75, 3.05) is 26.7 Å². The highest BCUT2D eigenvalue weighted by atomic mass is 16.2. The molecule has 0 spiro atoms. The number of aromatic amines is 1. The molecule has 7 nitrogen and oxygen atoms in total. The maximum absolute atomic E-state index is 13.3. The molecule has 2 saturated heterocycles. The molecule has 2 aromatic rings. The third kappa shape index (κ3) is 4.66. The number of hydrogen-bond donors (Lipinski definition) is 4. The van der Waals surface area contributed by atoms with Crippen LogP contribution in [0, 0.1) is 24.7 Å². The summed E-state index contributed by atoms with van der Waals surface area (Å²) in [6, 6.07) is 8.68. The highest BCUT2D eigenvalue weighted by molar-refractivity contribution is 5.98. The lowest BCUT2D eigenvalue weighted by Gasteiger charge is -2.45. The second-order valence-electron chi connectivity index (χ2n) is 10.6. The van der Waals surface area contributed by atoms with Gasteiger partial charge in [-0.25, -0.2) is 0 Å². The van der Waals surface area contributed by atoms with E-state index in [1.807, 2.05) is 18.2 Å². The summed E-state index contributed by atoms with van der Waals surface area (Å²) in [5.41, 5.74) is 2.79. The third-order valence-corrected chi connectivity index (χ3v) is 7.94. The molecule has 1 aromatic heterocycles. The molecule has 0 bridgehead atoms. The van der Waals surface area contributed by atoms with Gasteiger partial charge in [-0.15, -0.1) is 0 Å². The predicted molar refractivity (Wildman–Crippen MR) is 130 cm³/mol. The van der Waals surface area contributed by atoms with E-state index in [1.54, 1.807) is 0 Å². The molecule has 5 unspecified atom stereocenters. The minimum absolute atomic E-state index is 0.00841. The van der Waals surface area contributed by atoms with Gasteiger partial charge in [0.25, 0.3) is 5.91 Å². The van der Waals surface area contributed by atoms with Crippen molar-refractivity contribution in [2.45, 2.75) is 57.7 Å². The number of H-pyrrole nitrogens is 1. The smallest absolute Gasteiger partial charge is 0.268 e. The van der Waals surface area contributed by atoms with Crippen LogP contribution in [0.1, 0.15) is 48.7 Å². The Balaban J connectivity index is 1.27. The summed E-state index contributed by atoms with van der Waals surface area (Å²) < 4.78 is 0. The number of likely N-dealkylation sites (tertiary alicyclic amines) is 1. The van der Waals surface area contributed by atoms with Gasteiger partial charge in [0.15, 0.2) is 0 Å². The lowest BCUT2D eigenvalue weighted by molar-refractivity contribution is -0.129. The van der Waals surface area contributed by atoms with E-state index >= 15 is 0 Å². The molecule has 33 heavy (non-hydrogen) atoms. The number of aryl methyl sites for hydroxylation is 1. The Morgan fingerprint density at radius 1 is 1.21 bits per heavy atom. The number of hydrogen-bond acceptors (Lipinski definition) is 4. The predicted octanol–water partition coefficient (Wildman–Crippen LogP) is 2.42. The first-order valence-corrected chi connectivity index (χ1v) is 12.5. The summed E-state index contributed by atoms with van der Waals surface area (Å²) in [4.78, 5) is 31.8. The van der Waals surface area contributed by atoms with E-state index < -0.39 is 0 Å². The summed E-state index contributed by atoms with van der Waals surface area (Å²) in [7, 11) is 2.12. The van der Waals surface area contributed by atoms with Crippen molar-refractivity contribution in [1.82, 2.24) is 25.8 Å². The van der Waals surface area contributed by atoms with Crippen LogP contribution >= 0.6 is 0 Å². The van der Waals surface area contributed by atoms with Gasteiger partial charge in [-0.2, -0.15) is 0 Å². The van der Waals surface area contributed by atoms with E-state index in [1.165, 1.54) is 0 Å². The number of piperidine rings is 1. The molecule has 2 amide bonds. The Labute approximate surface area is 196 Å². The Kier molecular flexibility index (Phi) is 6.18. The number of nitrogens with zero attached hydrogens (tertiary/aromatic N) is 1. The number of carbonyl (C=O) groups excluding carboxylic acids is 2. The van der Waals surface area contributed by atoms with Crippen LogP contribution < -0.4 is 16.0 Å². The molecule has 7 heteroatoms. The van der Waals surface area contributed by atoms with Gasteiger partial charge in [-0.3, -0.25) is 9.59 Å². The second-order valence-corrected chi connectivity index (χ2v) is 10.6. The van der Waals surface area contributed by atoms with Gasteiger partial charge in [-0.05, 0) is 69.7 Å². The average Bonchev–Trinajstić information content (AvgIpc) is 3.30. The number of aromatic nitrogens is 1. The van der Waals surface area contributed by atoms with Crippen LogP contribution in [0.3, 0.4) is 0 Å². The van der Waals surface area contributed by atoms with Gasteiger partial charge in [0.05, 0.1) is 5.92 Å². The van der Waals surface area contributed by atoms with Crippen molar-refractivity contribution in [3.63, 3.8) is 0 Å². The quantitative estimate of drug-likeness (QED) is 0.543. The van der Waals surface area contributed by atoms with Crippen molar-refractivity contribution in [3.05, 3.63) is 35.5 Å². The number of amides is 2. The molecule has 1 saturated carbocycles. The van der Waals surface area contributed by atoms with Crippen molar-refractivity contribution in [2.24, 2.45) is 17.8 Å². The van der Waals surface area contributed by atoms with Gasteiger partial charge in [0, 0.05) is 42.1 Å². The Morgan fingerprint density at radius 2 is 2.03 bits per heavy atom. The molecule has 4 N–H and O–H groups in total. The number of rotatable bonds is 6. The standard InChI is InChI=1S/C26H37N5O2/c1-15-5-4-6-18-12-21(29-22(15)18)26(33)30-23(17-7-8-17)24-16(2)11-19(14-31(24)3)25(32)28-20-9-10-27-13-20/h4-6,12,16-17,19-20,23-24,27,29H,7-11,13-14H2,1-3H3,(H,28,32)(H,30,33). The molecule has 0 radical (unpaired) electrons. The molecule has 2 aliphatic heterocycles. The number of fused-ring (bicyclic) bond motifs is 1. The molecule has 3 aliphatic rings. The first kappa shape index (κ1) is 22.4. The number of para-hydroxylation sites is 1. The van der Waals surface area contributed by atoms with E-state index in [-0.39, 0.29) is 35.9 Å². The van der Waals surface area contributed by atoms with Crippen molar-refractivity contribution in [1.29, 1.82) is 0 Å². The normalized spacial score (nSPS) is 29.2. The molecular formula is C26H37N5O2. The minimum Gasteiger partial charge on any atom is -0.352 e. The van der Waals surface area contributed by atoms with Crippen molar-refractivity contribution < 1.29 is 9.59 Å². The minimum atomic E-state index is -0.0308. The first-order valence-electron chi connectivity index (χ1n) is 12.5. The summed E-state index contributed by atoms with van der Waals surface area (Å²) >= 11 is 0. The van der Waals surface area contributed by atoms with E-state index in [0.29, 0.717) is 17.5 Å². The van der Waals surface area contributed by atoms with Crippen LogP contribution in [0.2, 0.25) is 0 Å². The molecular weight excluding hydrogens is 414 g/mol. The zero-order valence-electron chi connectivity index (χ0n) is 20.0. The molecule has 178 valence electrons. The van der Waals surface area contributed by atoms with Gasteiger partial charge in [0.2, 0.25) is 5.91 Å². The number of carbonyl (C=O) groups is 2. The number of benzene rings is 1. The fourth-order valence-corrected chi connectivity index (χ4v) is 6.08. The van der Waals surface area contributed by atoms with E-state index in [2.05, 4.69) is 52.8 Å². The van der Waals surface area contributed by atoms with E-state index in [9.17, 15) is 9.59 Å². The SMILES string of the molecule is Cc1cccc2cc(C(=O)NC(C3CC3)C3C(C)CC(C(=O)NC4CCNC4)CN3C)[nH]c12. The van der Waals surface area contributed by atoms with Crippen LogP contribution in [-0.2, 0) is 4.79 Å². The molecule has 1 aromatic carbocycles. The van der Waals surface area contributed by atoms with Crippen LogP contribution in [-0.4, -0.2) is 66.5 Å². The maximum Gasteiger partial charge on any atom is 0.268 e. The van der Waals surface area contributed by atoms with Crippen molar-refractivity contribution in [3.8, 4) is 0 Å². The molecule has 1 aliphatic carbocycles. The molecule has 5 atom stereocenters. The van der Waals surface area contributed by atoms with Crippen LogP contribution in [0.25, 0.3) is 10.9 Å². The summed E-state index contributed by atoms with van der Waals surface area (Å²) in [5.74, 6) is 1.01. The Morgan fingerprint density at radius 3 is 2.70 bits per heavy atom. The first-order chi connectivity index (χ1) is 15.9. The van der Waals surface area contributed by atoms with Gasteiger partial charge < -0.3 is 25.8 Å². The van der Waals surface area contributed by atoms with Crippen LogP contribution in [0.5, 0.6) is 0 Å². The van der Waals surface area contributed by atoms with Crippen molar-refractivity contribution >= 4 is 22.7 Å². The number of nitrogens with one attached hydrogen (secondary N) is 4. The van der Waals surface area contributed by atoms with E-state index in [0.717, 1.165) is 61.8 Å². The van der Waals surface area contributed by atoms with Crippen LogP contribution in [0.15, 0.2) is 24.3 Å². The fourth-order valence-electron chi connectivity index (χ4n) is 6.08. The maximum atomic E-state index is 13.3. The topological polar surface area (TPSA) is 89.3 Å². The summed E-state index contributed by atoms with van der Waals surface area (Å²) in [5, 5.41) is 11.0. The monoisotopic (exact) mass is 451 g/mol. The second kappa shape index (κ2) is 9.11. The highest BCUT2D eigenvalue weighted by Gasteiger charge is 2.45. The number of likely N-dealkylation sites (N-methyl/N-ethyl adjacent to an activating group) is 1. The van der Waals surface area contributed by atoms with Gasteiger partial charge >= 0.3 is 0 Å². The lowest BCUT2D eigenvalue weighted by atomic mass is 9.79. The highest BCUT2D eigenvalue weighted by Crippen LogP contribution is 2.40. The van der Waals surface area contributed by atoms with Gasteiger partial charge in [-0.1, -0.05) is 25.1 Å². The van der Waals surface area contributed by atoms with Crippen LogP contribution in [0.4, 0.5) is 0 Å². The Hall–Kier alpha value is -2.38. The zero-order chi connectivity index (χ0) is 23.1. The lowest BCUT2D eigenvalue weighted by Crippen LogP contribution is -2.60. The zero-order valence-corrected chi connectivity index (χ0v) is 20.0. The molecule has 5 rings (SSSR count). The molecule has 3 heterocycles. The van der Waals surface area contributed by atoms with E-state index in [4.69, 9.17) is 0 Å².